The van der Waals surface area contributed by atoms with Crippen molar-refractivity contribution in [2.24, 2.45) is 16.7 Å². The van der Waals surface area contributed by atoms with E-state index >= 15 is 0 Å². The predicted octanol–water partition coefficient (Wildman–Crippen LogP) is 7.42. The van der Waals surface area contributed by atoms with E-state index in [1.54, 1.807) is 0 Å². The molecule has 1 heterocycles. The quantitative estimate of drug-likeness (QED) is 0.344. The van der Waals surface area contributed by atoms with Crippen LogP contribution in [-0.2, 0) is 0 Å². The van der Waals surface area contributed by atoms with Gasteiger partial charge in [-0.1, -0.05) is 113 Å². The molecule has 0 saturated carbocycles. The van der Waals surface area contributed by atoms with Gasteiger partial charge in [0.25, 0.3) is 0 Å². The Balaban J connectivity index is 0.000000713. The Morgan fingerprint density at radius 3 is 1.81 bits per heavy atom. The fraction of sp³-hybridized carbons (Fsp3) is 0.917. The van der Waals surface area contributed by atoms with Crippen LogP contribution in [0.1, 0.15) is 120 Å². The van der Waals surface area contributed by atoms with Crippen molar-refractivity contribution in [3.63, 3.8) is 0 Å². The van der Waals surface area contributed by atoms with Gasteiger partial charge >= 0.3 is 0 Å². The number of unbranched alkanes of at least 4 members (excludes halogenated alkanes) is 5. The molecule has 1 unspecified atom stereocenters. The maximum Gasteiger partial charge on any atom is 0.0509 e. The highest BCUT2D eigenvalue weighted by Crippen LogP contribution is 2.45. The van der Waals surface area contributed by atoms with E-state index in [9.17, 15) is 0 Å². The van der Waals surface area contributed by atoms with Gasteiger partial charge in [-0.3, -0.25) is 5.01 Å². The van der Waals surface area contributed by atoms with Crippen molar-refractivity contribution in [1.82, 2.24) is 16.0 Å². The molecule has 0 amide bonds. The lowest BCUT2D eigenvalue weighted by atomic mass is 9.65. The average molecular weight is 382 g/mol. The smallest absolute Gasteiger partial charge is 0.0509 e. The molecule has 0 saturated heterocycles. The first-order valence-electron chi connectivity index (χ1n) is 11.6. The van der Waals surface area contributed by atoms with Crippen LogP contribution in [0.3, 0.4) is 0 Å². The number of hydrazine groups is 2. The molecule has 27 heavy (non-hydrogen) atoms. The van der Waals surface area contributed by atoms with Crippen molar-refractivity contribution < 1.29 is 0 Å². The lowest BCUT2D eigenvalue weighted by Crippen LogP contribution is -2.38. The van der Waals surface area contributed by atoms with Gasteiger partial charge in [-0.15, -0.1) is 5.53 Å². The van der Waals surface area contributed by atoms with Gasteiger partial charge < -0.3 is 5.43 Å². The summed E-state index contributed by atoms with van der Waals surface area (Å²) < 4.78 is 0. The van der Waals surface area contributed by atoms with Crippen molar-refractivity contribution in [3.05, 3.63) is 11.9 Å². The Labute approximate surface area is 171 Å². The second-order valence-electron chi connectivity index (χ2n) is 9.75. The van der Waals surface area contributed by atoms with Crippen molar-refractivity contribution in [3.8, 4) is 0 Å². The fourth-order valence-electron chi connectivity index (χ4n) is 4.48. The van der Waals surface area contributed by atoms with Crippen LogP contribution in [0.2, 0.25) is 0 Å². The van der Waals surface area contributed by atoms with Gasteiger partial charge in [0.15, 0.2) is 0 Å². The summed E-state index contributed by atoms with van der Waals surface area (Å²) in [5.74, 6) is 0.810. The molecule has 0 radical (unpaired) electrons. The van der Waals surface area contributed by atoms with Crippen LogP contribution in [0.25, 0.3) is 0 Å². The van der Waals surface area contributed by atoms with E-state index in [1.807, 2.05) is 12.1 Å². The first-order chi connectivity index (χ1) is 12.6. The summed E-state index contributed by atoms with van der Waals surface area (Å²) in [5.41, 5.74) is 8.24. The molecular weight excluding hydrogens is 330 g/mol. The summed E-state index contributed by atoms with van der Waals surface area (Å²) in [6.07, 6.45) is 15.8. The first-order valence-corrected chi connectivity index (χ1v) is 11.6. The SMILES string of the molecule is CCCC(CC)C(C)(C)CC(C)(C)C1=CN(C)NN1.CCCCCCCC. The van der Waals surface area contributed by atoms with Crippen molar-refractivity contribution >= 4 is 0 Å². The number of hydrogen-bond acceptors (Lipinski definition) is 3. The van der Waals surface area contributed by atoms with Crippen LogP contribution >= 0.6 is 0 Å². The van der Waals surface area contributed by atoms with Crippen LogP contribution in [0.4, 0.5) is 0 Å². The molecule has 2 N–H and O–H groups in total. The van der Waals surface area contributed by atoms with Crippen molar-refractivity contribution in [2.75, 3.05) is 7.05 Å². The zero-order valence-electron chi connectivity index (χ0n) is 20.2. The topological polar surface area (TPSA) is 27.3 Å². The summed E-state index contributed by atoms with van der Waals surface area (Å²) in [7, 11) is 2.02. The Kier molecular flexibility index (Phi) is 13.1. The first kappa shape index (κ1) is 26.3. The zero-order valence-corrected chi connectivity index (χ0v) is 20.2. The van der Waals surface area contributed by atoms with Crippen molar-refractivity contribution in [1.29, 1.82) is 0 Å². The van der Waals surface area contributed by atoms with Gasteiger partial charge in [-0.2, -0.15) is 0 Å². The van der Waals surface area contributed by atoms with E-state index < -0.39 is 0 Å². The molecule has 1 atom stereocenters. The number of nitrogens with one attached hydrogen (secondary N) is 2. The molecule has 3 heteroatoms. The highest BCUT2D eigenvalue weighted by Gasteiger charge is 2.37. The maximum atomic E-state index is 3.30. The second-order valence-corrected chi connectivity index (χ2v) is 9.75. The predicted molar refractivity (Wildman–Crippen MR) is 122 cm³/mol. The molecule has 3 nitrogen and oxygen atoms in total. The maximum absolute atomic E-state index is 3.30. The number of allylic oxidation sites excluding steroid dienone is 1. The van der Waals surface area contributed by atoms with Crippen LogP contribution in [-0.4, -0.2) is 12.1 Å². The van der Waals surface area contributed by atoms with E-state index in [2.05, 4.69) is 72.6 Å². The fourth-order valence-corrected chi connectivity index (χ4v) is 4.48. The molecule has 0 aromatic heterocycles. The Morgan fingerprint density at radius 2 is 1.44 bits per heavy atom. The Bertz CT molecular complexity index is 392. The third-order valence-electron chi connectivity index (χ3n) is 6.01. The van der Waals surface area contributed by atoms with Gasteiger partial charge in [0.05, 0.1) is 5.70 Å². The molecule has 0 bridgehead atoms. The Morgan fingerprint density at radius 1 is 0.889 bits per heavy atom. The third-order valence-corrected chi connectivity index (χ3v) is 6.01. The molecule has 0 fully saturated rings. The number of rotatable bonds is 12. The molecule has 1 aliphatic heterocycles. The lowest BCUT2D eigenvalue weighted by molar-refractivity contribution is 0.122. The minimum absolute atomic E-state index is 0.169. The standard InChI is InChI=1S/C16H33N3.C8H18/c1-8-10-13(9-2)15(3,4)12-16(5,6)14-11-19(7)18-17-14;1-3-5-7-8-6-4-2/h11,13,17-18H,8-10,12H2,1-7H3;3-8H2,1-2H3. The number of hydrogen-bond donors (Lipinski definition) is 2. The van der Waals surface area contributed by atoms with E-state index in [0.29, 0.717) is 5.41 Å². The van der Waals surface area contributed by atoms with Crippen LogP contribution in [0.15, 0.2) is 11.9 Å². The highest BCUT2D eigenvalue weighted by atomic mass is 15.7. The summed E-state index contributed by atoms with van der Waals surface area (Å²) in [4.78, 5) is 0. The second kappa shape index (κ2) is 13.5. The molecule has 162 valence electrons. The minimum atomic E-state index is 0.169. The van der Waals surface area contributed by atoms with E-state index in [0.717, 1.165) is 5.92 Å². The van der Waals surface area contributed by atoms with Gasteiger partial charge in [-0.25, -0.2) is 0 Å². The molecular formula is C24H51N3. The summed E-state index contributed by atoms with van der Waals surface area (Å²) >= 11 is 0. The summed E-state index contributed by atoms with van der Waals surface area (Å²) in [5, 5.41) is 1.98. The van der Waals surface area contributed by atoms with Gasteiger partial charge in [-0.05, 0) is 17.8 Å². The summed E-state index contributed by atoms with van der Waals surface area (Å²) in [6, 6.07) is 0. The van der Waals surface area contributed by atoms with Gasteiger partial charge in [0, 0.05) is 18.7 Å². The molecule has 1 aliphatic rings. The third kappa shape index (κ3) is 10.4. The zero-order chi connectivity index (χ0) is 20.9. The van der Waals surface area contributed by atoms with Crippen molar-refractivity contribution in [2.45, 2.75) is 120 Å². The molecule has 0 aromatic rings. The van der Waals surface area contributed by atoms with Crippen LogP contribution in [0.5, 0.6) is 0 Å². The summed E-state index contributed by atoms with van der Waals surface area (Å²) in [6.45, 7) is 18.7. The molecule has 0 aromatic carbocycles. The van der Waals surface area contributed by atoms with E-state index in [1.165, 1.54) is 69.9 Å². The van der Waals surface area contributed by atoms with Crippen LogP contribution in [0, 0.1) is 16.7 Å². The number of nitrogens with zero attached hydrogens (tertiary/aromatic N) is 1. The van der Waals surface area contributed by atoms with Gasteiger partial charge in [0.1, 0.15) is 0 Å². The monoisotopic (exact) mass is 381 g/mol. The van der Waals surface area contributed by atoms with E-state index in [-0.39, 0.29) is 5.41 Å². The minimum Gasteiger partial charge on any atom is -0.306 e. The molecule has 0 aliphatic carbocycles. The molecule has 1 rings (SSSR count). The lowest BCUT2D eigenvalue weighted by Gasteiger charge is -2.40. The van der Waals surface area contributed by atoms with E-state index in [4.69, 9.17) is 0 Å². The highest BCUT2D eigenvalue weighted by molar-refractivity contribution is 5.12. The average Bonchev–Trinajstić information content (AvgIpc) is 3.03. The van der Waals surface area contributed by atoms with Crippen LogP contribution < -0.4 is 11.0 Å². The molecule has 0 spiro atoms. The van der Waals surface area contributed by atoms with Gasteiger partial charge in [0.2, 0.25) is 0 Å². The normalized spacial score (nSPS) is 15.7. The Hall–Kier alpha value is -0.700. The largest absolute Gasteiger partial charge is 0.306 e.